The van der Waals surface area contributed by atoms with Gasteiger partial charge in [0.25, 0.3) is 10.0 Å². The second kappa shape index (κ2) is 15.1. The number of benzene rings is 4. The minimum Gasteiger partial charge on any atom is -0.352 e. The van der Waals surface area contributed by atoms with E-state index in [4.69, 9.17) is 0 Å². The summed E-state index contributed by atoms with van der Waals surface area (Å²) in [5, 5.41) is 3.22. The van der Waals surface area contributed by atoms with E-state index in [2.05, 4.69) is 21.2 Å². The number of carbonyl (C=O) groups excluding carboxylic acids is 2. The molecule has 4 aromatic carbocycles. The molecule has 1 aliphatic rings. The minimum absolute atomic E-state index is 0.0577. The first-order chi connectivity index (χ1) is 22.1. The van der Waals surface area contributed by atoms with E-state index in [1.54, 1.807) is 53.4 Å². The number of sulfonamides is 1. The summed E-state index contributed by atoms with van der Waals surface area (Å²) in [6.07, 6.45) is 4.21. The van der Waals surface area contributed by atoms with Gasteiger partial charge in [0.2, 0.25) is 11.8 Å². The van der Waals surface area contributed by atoms with E-state index in [1.165, 1.54) is 0 Å². The zero-order chi connectivity index (χ0) is 32.7. The van der Waals surface area contributed by atoms with Crippen LogP contribution >= 0.6 is 15.9 Å². The number of hydrogen-bond acceptors (Lipinski definition) is 4. The van der Waals surface area contributed by atoms with Crippen LogP contribution in [0.4, 0.5) is 5.69 Å². The van der Waals surface area contributed by atoms with Crippen LogP contribution < -0.4 is 9.62 Å². The monoisotopic (exact) mass is 701 g/mol. The smallest absolute Gasteiger partial charge is 0.264 e. The molecule has 46 heavy (non-hydrogen) atoms. The normalized spacial score (nSPS) is 14.1. The van der Waals surface area contributed by atoms with Crippen LogP contribution in [0.3, 0.4) is 0 Å². The molecule has 9 heteroatoms. The van der Waals surface area contributed by atoms with E-state index in [-0.39, 0.29) is 23.4 Å². The van der Waals surface area contributed by atoms with Gasteiger partial charge in [-0.15, -0.1) is 0 Å². The van der Waals surface area contributed by atoms with E-state index >= 15 is 0 Å². The predicted molar refractivity (Wildman–Crippen MR) is 186 cm³/mol. The maximum absolute atomic E-state index is 14.6. The molecule has 0 spiro atoms. The molecule has 0 heterocycles. The summed E-state index contributed by atoms with van der Waals surface area (Å²) < 4.78 is 30.3. The standard InChI is InChI=1S/C37H40BrN3O4S/c1-27-16-22-34(23-17-27)46(44,45)41(33-20-18-31(38)19-21-33)26-36(42)40(25-30-13-7-6-10-28(30)2)35(24-29-11-4-3-5-12-29)37(43)39-32-14-8-9-15-32/h3-7,10-13,16-23,32,35H,8-9,14-15,24-26H2,1-2H3,(H,39,43)/t35-/m0/s1. The molecule has 0 aromatic heterocycles. The van der Waals surface area contributed by atoms with Crippen molar-refractivity contribution in [3.63, 3.8) is 0 Å². The number of aryl methyl sites for hydroxylation is 2. The molecule has 5 rings (SSSR count). The summed E-state index contributed by atoms with van der Waals surface area (Å²) >= 11 is 3.43. The zero-order valence-electron chi connectivity index (χ0n) is 26.2. The third-order valence-electron chi connectivity index (χ3n) is 8.58. The molecule has 1 atom stereocenters. The van der Waals surface area contributed by atoms with Crippen molar-refractivity contribution in [1.29, 1.82) is 0 Å². The number of rotatable bonds is 12. The summed E-state index contributed by atoms with van der Waals surface area (Å²) in [7, 11) is -4.15. The summed E-state index contributed by atoms with van der Waals surface area (Å²) in [5.74, 6) is -0.696. The van der Waals surface area contributed by atoms with Crippen LogP contribution in [0.25, 0.3) is 0 Å². The molecule has 1 fully saturated rings. The van der Waals surface area contributed by atoms with Gasteiger partial charge in [-0.3, -0.25) is 13.9 Å². The number of amides is 2. The lowest BCUT2D eigenvalue weighted by atomic mass is 10.0. The van der Waals surface area contributed by atoms with E-state index in [0.717, 1.165) is 56.7 Å². The molecule has 1 N–H and O–H groups in total. The summed E-state index contributed by atoms with van der Waals surface area (Å²) in [6.45, 7) is 3.53. The van der Waals surface area contributed by atoms with Gasteiger partial charge in [-0.1, -0.05) is 101 Å². The van der Waals surface area contributed by atoms with E-state index in [1.807, 2.05) is 68.4 Å². The Hall–Kier alpha value is -3.95. The quantitative estimate of drug-likeness (QED) is 0.173. The van der Waals surface area contributed by atoms with Crippen LogP contribution in [0.5, 0.6) is 0 Å². The Morgan fingerprint density at radius 3 is 2.13 bits per heavy atom. The van der Waals surface area contributed by atoms with Crippen LogP contribution in [-0.4, -0.2) is 43.8 Å². The lowest BCUT2D eigenvalue weighted by Gasteiger charge is -2.34. The zero-order valence-corrected chi connectivity index (χ0v) is 28.6. The van der Waals surface area contributed by atoms with Crippen molar-refractivity contribution in [2.24, 2.45) is 0 Å². The second-order valence-corrected chi connectivity index (χ2v) is 14.7. The van der Waals surface area contributed by atoms with Crippen LogP contribution in [-0.2, 0) is 32.6 Å². The van der Waals surface area contributed by atoms with Crippen molar-refractivity contribution in [3.05, 3.63) is 130 Å². The van der Waals surface area contributed by atoms with Gasteiger partial charge in [-0.05, 0) is 79.8 Å². The van der Waals surface area contributed by atoms with Gasteiger partial charge in [0.1, 0.15) is 12.6 Å². The molecule has 0 radical (unpaired) electrons. The molecule has 1 saturated carbocycles. The fraction of sp³-hybridized carbons (Fsp3) is 0.297. The highest BCUT2D eigenvalue weighted by atomic mass is 79.9. The number of carbonyl (C=O) groups is 2. The van der Waals surface area contributed by atoms with Gasteiger partial charge in [-0.2, -0.15) is 0 Å². The molecule has 0 bridgehead atoms. The van der Waals surface area contributed by atoms with Gasteiger partial charge in [0.15, 0.2) is 0 Å². The Morgan fingerprint density at radius 1 is 0.848 bits per heavy atom. The van der Waals surface area contributed by atoms with Crippen molar-refractivity contribution in [1.82, 2.24) is 10.2 Å². The highest BCUT2D eigenvalue weighted by Crippen LogP contribution is 2.27. The van der Waals surface area contributed by atoms with E-state index < -0.39 is 28.5 Å². The van der Waals surface area contributed by atoms with Crippen molar-refractivity contribution in [2.75, 3.05) is 10.8 Å². The molecular weight excluding hydrogens is 662 g/mol. The molecule has 240 valence electrons. The maximum Gasteiger partial charge on any atom is 0.264 e. The molecule has 7 nitrogen and oxygen atoms in total. The van der Waals surface area contributed by atoms with Crippen LogP contribution in [0.1, 0.15) is 47.9 Å². The minimum atomic E-state index is -4.15. The molecule has 2 amide bonds. The fourth-order valence-electron chi connectivity index (χ4n) is 5.87. The first kappa shape index (κ1) is 33.4. The van der Waals surface area contributed by atoms with Crippen molar-refractivity contribution in [2.45, 2.75) is 69.5 Å². The average molecular weight is 703 g/mol. The van der Waals surface area contributed by atoms with Gasteiger partial charge in [0.05, 0.1) is 10.6 Å². The summed E-state index contributed by atoms with van der Waals surface area (Å²) in [4.78, 5) is 30.4. The fourth-order valence-corrected chi connectivity index (χ4v) is 7.54. The summed E-state index contributed by atoms with van der Waals surface area (Å²) in [6, 6.07) is 30.0. The third-order valence-corrected chi connectivity index (χ3v) is 10.9. The Kier molecular flexibility index (Phi) is 11.0. The van der Waals surface area contributed by atoms with Crippen molar-refractivity contribution >= 4 is 43.5 Å². The van der Waals surface area contributed by atoms with Gasteiger partial charge >= 0.3 is 0 Å². The highest BCUT2D eigenvalue weighted by molar-refractivity contribution is 9.10. The van der Waals surface area contributed by atoms with Crippen LogP contribution in [0.2, 0.25) is 0 Å². The molecule has 0 aliphatic heterocycles. The molecule has 0 unspecified atom stereocenters. The second-order valence-electron chi connectivity index (χ2n) is 11.9. The number of anilines is 1. The lowest BCUT2D eigenvalue weighted by Crippen LogP contribution is -2.54. The van der Waals surface area contributed by atoms with Gasteiger partial charge in [-0.25, -0.2) is 8.42 Å². The van der Waals surface area contributed by atoms with Gasteiger partial charge < -0.3 is 10.2 Å². The first-order valence-corrected chi connectivity index (χ1v) is 17.9. The SMILES string of the molecule is Cc1ccc(S(=O)(=O)N(CC(=O)N(Cc2ccccc2C)[C@@H](Cc2ccccc2)C(=O)NC2CCCC2)c2ccc(Br)cc2)cc1. The van der Waals surface area contributed by atoms with E-state index in [9.17, 15) is 18.0 Å². The Morgan fingerprint density at radius 2 is 1.48 bits per heavy atom. The third kappa shape index (κ3) is 8.25. The maximum atomic E-state index is 14.6. The Balaban J connectivity index is 1.57. The molecule has 1 aliphatic carbocycles. The van der Waals surface area contributed by atoms with Gasteiger partial charge in [0, 0.05) is 23.5 Å². The average Bonchev–Trinajstić information content (AvgIpc) is 3.56. The molecule has 0 saturated heterocycles. The number of nitrogens with one attached hydrogen (secondary N) is 1. The molecule has 4 aromatic rings. The summed E-state index contributed by atoms with van der Waals surface area (Å²) in [5.41, 5.74) is 4.05. The largest absolute Gasteiger partial charge is 0.352 e. The number of nitrogens with zero attached hydrogens (tertiary/aromatic N) is 2. The molecular formula is C37H40BrN3O4S. The van der Waals surface area contributed by atoms with E-state index in [0.29, 0.717) is 12.1 Å². The lowest BCUT2D eigenvalue weighted by molar-refractivity contribution is -0.140. The Labute approximate surface area is 280 Å². The first-order valence-electron chi connectivity index (χ1n) is 15.6. The Bertz CT molecular complexity index is 1740. The topological polar surface area (TPSA) is 86.8 Å². The van der Waals surface area contributed by atoms with Crippen LogP contribution in [0, 0.1) is 13.8 Å². The number of halogens is 1. The highest BCUT2D eigenvalue weighted by Gasteiger charge is 2.35. The van der Waals surface area contributed by atoms with Crippen molar-refractivity contribution in [3.8, 4) is 0 Å². The van der Waals surface area contributed by atoms with Crippen molar-refractivity contribution < 1.29 is 18.0 Å². The predicted octanol–water partition coefficient (Wildman–Crippen LogP) is 6.96. The van der Waals surface area contributed by atoms with Crippen LogP contribution in [0.15, 0.2) is 112 Å². The number of hydrogen-bond donors (Lipinski definition) is 1.